The number of nitrogens with zero attached hydrogens (tertiary/aromatic N) is 1. The molecule has 0 aliphatic carbocycles. The Hall–Kier alpha value is -1.82. The molecule has 1 aromatic carbocycles. The molecule has 0 aromatic heterocycles. The molecule has 0 aliphatic rings. The first-order valence-corrected chi connectivity index (χ1v) is 10.3. The molecule has 7 heteroatoms. The fraction of sp³-hybridized carbons (Fsp3) is 0.650. The minimum atomic E-state index is -0.560. The lowest BCUT2D eigenvalue weighted by Gasteiger charge is -2.08. The number of unbranched alkanes of at least 4 members (excludes halogenated alkanes) is 9. The van der Waals surface area contributed by atoms with Crippen LogP contribution in [0.15, 0.2) is 18.2 Å². The van der Waals surface area contributed by atoms with Gasteiger partial charge in [-0.05, 0) is 18.6 Å². The van der Waals surface area contributed by atoms with Gasteiger partial charge in [0.15, 0.2) is 0 Å². The van der Waals surface area contributed by atoms with E-state index >= 15 is 0 Å². The van der Waals surface area contributed by atoms with Crippen LogP contribution in [0.4, 0.5) is 10.5 Å². The Balaban J connectivity index is 2.08. The highest BCUT2D eigenvalue weighted by Gasteiger charge is 2.15. The van der Waals surface area contributed by atoms with Crippen molar-refractivity contribution in [1.82, 2.24) is 5.32 Å². The van der Waals surface area contributed by atoms with Gasteiger partial charge in [0, 0.05) is 17.6 Å². The number of hydrogen-bond acceptors (Lipinski definition) is 4. The maximum Gasteiger partial charge on any atom is 0.407 e. The molecule has 0 radical (unpaired) electrons. The third-order valence-corrected chi connectivity index (χ3v) is 4.64. The number of nitro groups is 1. The third kappa shape index (κ3) is 10.8. The van der Waals surface area contributed by atoms with Crippen LogP contribution in [0.2, 0.25) is 5.02 Å². The van der Waals surface area contributed by atoms with Gasteiger partial charge in [-0.3, -0.25) is 10.1 Å². The van der Waals surface area contributed by atoms with Crippen LogP contribution < -0.4 is 5.32 Å². The molecule has 0 unspecified atom stereocenters. The molecule has 27 heavy (non-hydrogen) atoms. The van der Waals surface area contributed by atoms with E-state index in [2.05, 4.69) is 12.2 Å². The predicted molar refractivity (Wildman–Crippen MR) is 108 cm³/mol. The molecule has 0 bridgehead atoms. The Morgan fingerprint density at radius 3 is 2.26 bits per heavy atom. The van der Waals surface area contributed by atoms with E-state index in [0.29, 0.717) is 12.1 Å². The van der Waals surface area contributed by atoms with Crippen molar-refractivity contribution in [3.8, 4) is 0 Å². The van der Waals surface area contributed by atoms with Crippen LogP contribution in [-0.4, -0.2) is 17.6 Å². The van der Waals surface area contributed by atoms with Crippen LogP contribution in [0.5, 0.6) is 0 Å². The minimum absolute atomic E-state index is 0.148. The fourth-order valence-corrected chi connectivity index (χ4v) is 2.99. The zero-order valence-electron chi connectivity index (χ0n) is 16.2. The number of alkyl carbamates (subject to hydrolysis) is 1. The molecule has 0 heterocycles. The van der Waals surface area contributed by atoms with E-state index in [-0.39, 0.29) is 17.3 Å². The molecule has 1 amide bonds. The van der Waals surface area contributed by atoms with Gasteiger partial charge in [-0.25, -0.2) is 4.79 Å². The standard InChI is InChI=1S/C20H31ClN2O4/c1-2-3-4-5-6-7-8-9-10-11-14-22-20(24)27-16-17-12-13-18(21)15-19(17)23(25)26/h12-13,15H,2-11,14,16H2,1H3,(H,22,24). The van der Waals surface area contributed by atoms with E-state index in [0.717, 1.165) is 12.8 Å². The highest BCUT2D eigenvalue weighted by Crippen LogP contribution is 2.23. The molecule has 6 nitrogen and oxygen atoms in total. The molecule has 0 fully saturated rings. The van der Waals surface area contributed by atoms with Crippen LogP contribution in [0.25, 0.3) is 0 Å². The number of ether oxygens (including phenoxy) is 1. The zero-order chi connectivity index (χ0) is 19.9. The second-order valence-electron chi connectivity index (χ2n) is 6.72. The SMILES string of the molecule is CCCCCCCCCCCCNC(=O)OCc1ccc(Cl)cc1[N+](=O)[O-]. The summed E-state index contributed by atoms with van der Waals surface area (Å²) < 4.78 is 5.05. The van der Waals surface area contributed by atoms with Crippen molar-refractivity contribution in [2.75, 3.05) is 6.54 Å². The van der Waals surface area contributed by atoms with Crippen LogP contribution in [0, 0.1) is 10.1 Å². The van der Waals surface area contributed by atoms with Crippen molar-refractivity contribution in [2.45, 2.75) is 77.7 Å². The number of benzene rings is 1. The molecule has 1 N–H and O–H groups in total. The van der Waals surface area contributed by atoms with Crippen molar-refractivity contribution in [3.63, 3.8) is 0 Å². The van der Waals surface area contributed by atoms with Gasteiger partial charge < -0.3 is 10.1 Å². The van der Waals surface area contributed by atoms with Gasteiger partial charge in [0.2, 0.25) is 0 Å². The summed E-state index contributed by atoms with van der Waals surface area (Å²) in [4.78, 5) is 22.2. The molecule has 0 spiro atoms. The predicted octanol–water partition coefficient (Wildman–Crippen LogP) is 6.40. The number of halogens is 1. The average molecular weight is 399 g/mol. The molecule has 0 saturated carbocycles. The van der Waals surface area contributed by atoms with Crippen molar-refractivity contribution in [3.05, 3.63) is 38.9 Å². The largest absolute Gasteiger partial charge is 0.444 e. The smallest absolute Gasteiger partial charge is 0.407 e. The maximum absolute atomic E-state index is 11.7. The number of amides is 1. The van der Waals surface area contributed by atoms with Crippen LogP contribution in [0.1, 0.15) is 76.7 Å². The van der Waals surface area contributed by atoms with Crippen molar-refractivity contribution >= 4 is 23.4 Å². The lowest BCUT2D eigenvalue weighted by Crippen LogP contribution is -2.25. The first kappa shape index (κ1) is 23.2. The van der Waals surface area contributed by atoms with Crippen LogP contribution in [0.3, 0.4) is 0 Å². The first-order valence-electron chi connectivity index (χ1n) is 9.88. The number of nitrogens with one attached hydrogen (secondary N) is 1. The summed E-state index contributed by atoms with van der Waals surface area (Å²) >= 11 is 5.76. The van der Waals surface area contributed by atoms with E-state index in [4.69, 9.17) is 16.3 Å². The topological polar surface area (TPSA) is 81.5 Å². The summed E-state index contributed by atoms with van der Waals surface area (Å²) in [5, 5.41) is 13.9. The fourth-order valence-electron chi connectivity index (χ4n) is 2.83. The van der Waals surface area contributed by atoms with Crippen LogP contribution >= 0.6 is 11.6 Å². The summed E-state index contributed by atoms with van der Waals surface area (Å²) in [6.07, 6.45) is 11.8. The van der Waals surface area contributed by atoms with Crippen molar-refractivity contribution < 1.29 is 14.5 Å². The second kappa shape index (κ2) is 14.3. The molecule has 0 aliphatic heterocycles. The van der Waals surface area contributed by atoms with E-state index < -0.39 is 11.0 Å². The van der Waals surface area contributed by atoms with Gasteiger partial charge >= 0.3 is 6.09 Å². The van der Waals surface area contributed by atoms with E-state index in [9.17, 15) is 14.9 Å². The summed E-state index contributed by atoms with van der Waals surface area (Å²) in [5.41, 5.74) is 0.170. The molecule has 1 rings (SSSR count). The summed E-state index contributed by atoms with van der Waals surface area (Å²) in [6, 6.07) is 4.28. The minimum Gasteiger partial charge on any atom is -0.444 e. The highest BCUT2D eigenvalue weighted by atomic mass is 35.5. The van der Waals surface area contributed by atoms with Gasteiger partial charge in [-0.15, -0.1) is 0 Å². The Kier molecular flexibility index (Phi) is 12.3. The number of hydrogen-bond donors (Lipinski definition) is 1. The van der Waals surface area contributed by atoms with Gasteiger partial charge in [-0.1, -0.05) is 76.3 Å². The molecule has 0 atom stereocenters. The number of rotatable bonds is 14. The van der Waals surface area contributed by atoms with E-state index in [1.807, 2.05) is 0 Å². The normalized spacial score (nSPS) is 10.6. The molecule has 1 aromatic rings. The Labute approximate surface area is 166 Å². The lowest BCUT2D eigenvalue weighted by molar-refractivity contribution is -0.385. The molecule has 0 saturated heterocycles. The molecule has 152 valence electrons. The summed E-state index contributed by atoms with van der Waals surface area (Å²) in [6.45, 7) is 2.63. The van der Waals surface area contributed by atoms with Gasteiger partial charge in [0.25, 0.3) is 5.69 Å². The molecular weight excluding hydrogens is 368 g/mol. The van der Waals surface area contributed by atoms with Crippen LogP contribution in [-0.2, 0) is 11.3 Å². The van der Waals surface area contributed by atoms with Crippen molar-refractivity contribution in [1.29, 1.82) is 0 Å². The van der Waals surface area contributed by atoms with Gasteiger partial charge in [0.05, 0.1) is 10.5 Å². The third-order valence-electron chi connectivity index (χ3n) is 4.40. The summed E-state index contributed by atoms with van der Waals surface area (Å²) in [7, 11) is 0. The number of carbonyl (C=O) groups excluding carboxylic acids is 1. The average Bonchev–Trinajstić information content (AvgIpc) is 2.65. The second-order valence-corrected chi connectivity index (χ2v) is 7.15. The summed E-state index contributed by atoms with van der Waals surface area (Å²) in [5.74, 6) is 0. The lowest BCUT2D eigenvalue weighted by atomic mass is 10.1. The maximum atomic E-state index is 11.7. The Bertz CT molecular complexity index is 581. The zero-order valence-corrected chi connectivity index (χ0v) is 16.9. The Morgan fingerprint density at radius 2 is 1.67 bits per heavy atom. The number of carbonyl (C=O) groups is 1. The first-order chi connectivity index (χ1) is 13.0. The van der Waals surface area contributed by atoms with E-state index in [1.54, 1.807) is 0 Å². The monoisotopic (exact) mass is 398 g/mol. The highest BCUT2D eigenvalue weighted by molar-refractivity contribution is 6.30. The molecular formula is C20H31ClN2O4. The quantitative estimate of drug-likeness (QED) is 0.223. The van der Waals surface area contributed by atoms with Crippen molar-refractivity contribution in [2.24, 2.45) is 0 Å². The number of nitro benzene ring substituents is 1. The van der Waals surface area contributed by atoms with Gasteiger partial charge in [0.1, 0.15) is 6.61 Å². The van der Waals surface area contributed by atoms with Gasteiger partial charge in [-0.2, -0.15) is 0 Å². The van der Waals surface area contributed by atoms with E-state index in [1.165, 1.54) is 69.6 Å². The Morgan fingerprint density at radius 1 is 1.07 bits per heavy atom.